The normalized spacial score (nSPS) is 21.9. The number of rotatable bonds is 9. The molecule has 3 aromatic heterocycles. The molecule has 9 rings (SSSR count). The molecule has 2 saturated heterocycles. The van der Waals surface area contributed by atoms with Gasteiger partial charge in [-0.3, -0.25) is 9.59 Å². The number of carbonyl (C=O) groups is 2. The molecule has 3 atom stereocenters. The van der Waals surface area contributed by atoms with Gasteiger partial charge in [-0.1, -0.05) is 18.2 Å². The summed E-state index contributed by atoms with van der Waals surface area (Å²) in [6.07, 6.45) is 6.11. The maximum Gasteiger partial charge on any atom is 0.254 e. The number of amides is 2. The average Bonchev–Trinajstić information content (AvgIpc) is 3.47. The van der Waals surface area contributed by atoms with Crippen molar-refractivity contribution in [3.63, 3.8) is 0 Å². The van der Waals surface area contributed by atoms with Gasteiger partial charge in [0, 0.05) is 85.0 Å². The number of methoxy groups -OCH3 is 2. The number of ether oxygens (including phenoxy) is 2. The smallest absolute Gasteiger partial charge is 0.254 e. The van der Waals surface area contributed by atoms with Crippen LogP contribution in [0.25, 0.3) is 33.5 Å². The van der Waals surface area contributed by atoms with Crippen LogP contribution < -0.4 is 15.2 Å². The van der Waals surface area contributed by atoms with Gasteiger partial charge in [0.15, 0.2) is 5.82 Å². The molecule has 5 heterocycles. The van der Waals surface area contributed by atoms with E-state index in [4.69, 9.17) is 20.2 Å². The van der Waals surface area contributed by atoms with E-state index in [-0.39, 0.29) is 29.8 Å². The Morgan fingerprint density at radius 2 is 1.67 bits per heavy atom. The summed E-state index contributed by atoms with van der Waals surface area (Å²) in [5.74, 6) is 3.08. The van der Waals surface area contributed by atoms with Crippen LogP contribution in [0.5, 0.6) is 11.6 Å². The largest absolute Gasteiger partial charge is 0.494 e. The third-order valence-electron chi connectivity index (χ3n) is 11.2. The third-order valence-corrected chi connectivity index (χ3v) is 11.2. The molecule has 2 saturated carbocycles. The topological polar surface area (TPSA) is 121 Å². The Morgan fingerprint density at radius 1 is 0.857 bits per heavy atom. The molecule has 2 aliphatic carbocycles. The highest BCUT2D eigenvalue weighted by molar-refractivity contribution is 6.01. The van der Waals surface area contributed by atoms with E-state index in [1.54, 1.807) is 32.5 Å². The van der Waals surface area contributed by atoms with E-state index < -0.39 is 0 Å². The second kappa shape index (κ2) is 11.6. The Bertz CT molecular complexity index is 2110. The zero-order valence-electron chi connectivity index (χ0n) is 27.9. The van der Waals surface area contributed by atoms with Crippen molar-refractivity contribution in [3.05, 3.63) is 71.9 Å². The lowest BCUT2D eigenvalue weighted by Crippen LogP contribution is -2.51. The predicted molar refractivity (Wildman–Crippen MR) is 186 cm³/mol. The van der Waals surface area contributed by atoms with Gasteiger partial charge in [0.1, 0.15) is 11.3 Å². The van der Waals surface area contributed by atoms with Gasteiger partial charge < -0.3 is 34.1 Å². The highest BCUT2D eigenvalue weighted by Gasteiger charge is 2.47. The van der Waals surface area contributed by atoms with Crippen LogP contribution in [0.1, 0.15) is 46.4 Å². The fourth-order valence-corrected chi connectivity index (χ4v) is 8.43. The standard InChI is InChI=1S/C38H41N7O4/c1-48-32-15-27(38(47)44-21-26-9-10-30(44)34(26)39)13-28-35(32)45(20-23-17-42(18-23)37(46)25-11-12-40-33(16-25)49-2)36(41-28)31-14-24-5-3-4-6-29(24)43(31)19-22-7-8-22/h3-6,11-16,22-23,26,30,34H,7-10,17-21,39H2,1-2H3/t26?,30?,34-/m1/s1. The number of hydrogen-bond acceptors (Lipinski definition) is 7. The Hall–Kier alpha value is -4.90. The minimum atomic E-state index is -0.0340. The number of fused-ring (bicyclic) bond motifs is 4. The zero-order valence-corrected chi connectivity index (χ0v) is 27.9. The van der Waals surface area contributed by atoms with Gasteiger partial charge in [0.2, 0.25) is 5.88 Å². The first kappa shape index (κ1) is 30.2. The molecule has 2 aromatic carbocycles. The lowest BCUT2D eigenvalue weighted by atomic mass is 9.98. The number of para-hydroxylation sites is 1. The number of aromatic nitrogens is 4. The summed E-state index contributed by atoms with van der Waals surface area (Å²) >= 11 is 0. The third kappa shape index (κ3) is 5.05. The molecule has 2 amide bonds. The van der Waals surface area contributed by atoms with Crippen molar-refractivity contribution >= 4 is 33.8 Å². The molecule has 252 valence electrons. The molecular weight excluding hydrogens is 618 g/mol. The van der Waals surface area contributed by atoms with Crippen LogP contribution in [-0.4, -0.2) is 86.7 Å². The Balaban J connectivity index is 1.11. The average molecular weight is 660 g/mol. The Morgan fingerprint density at radius 3 is 2.41 bits per heavy atom. The molecule has 5 aromatic rings. The molecule has 4 fully saturated rings. The monoisotopic (exact) mass is 659 g/mol. The molecule has 49 heavy (non-hydrogen) atoms. The van der Waals surface area contributed by atoms with E-state index in [9.17, 15) is 9.59 Å². The Labute approximate surface area is 284 Å². The van der Waals surface area contributed by atoms with E-state index in [0.29, 0.717) is 60.8 Å². The van der Waals surface area contributed by atoms with Gasteiger partial charge in [-0.15, -0.1) is 0 Å². The van der Waals surface area contributed by atoms with Gasteiger partial charge in [0.25, 0.3) is 11.8 Å². The molecule has 2 bridgehead atoms. The van der Waals surface area contributed by atoms with Crippen molar-refractivity contribution in [2.75, 3.05) is 33.9 Å². The molecular formula is C38H41N7O4. The summed E-state index contributed by atoms with van der Waals surface area (Å²) in [6, 6.07) is 18.1. The van der Waals surface area contributed by atoms with Crippen LogP contribution in [-0.2, 0) is 13.1 Å². The van der Waals surface area contributed by atoms with Crippen LogP contribution in [0, 0.1) is 17.8 Å². The van der Waals surface area contributed by atoms with Crippen LogP contribution in [0.15, 0.2) is 60.8 Å². The fourth-order valence-electron chi connectivity index (χ4n) is 8.43. The molecule has 11 heteroatoms. The summed E-state index contributed by atoms with van der Waals surface area (Å²) in [5, 5.41) is 1.17. The molecule has 0 radical (unpaired) electrons. The second-order valence-electron chi connectivity index (χ2n) is 14.3. The van der Waals surface area contributed by atoms with E-state index in [2.05, 4.69) is 44.5 Å². The van der Waals surface area contributed by atoms with Gasteiger partial charge >= 0.3 is 0 Å². The van der Waals surface area contributed by atoms with Crippen molar-refractivity contribution in [3.8, 4) is 23.1 Å². The van der Waals surface area contributed by atoms with E-state index in [1.165, 1.54) is 23.7 Å². The van der Waals surface area contributed by atoms with Crippen molar-refractivity contribution in [2.45, 2.75) is 50.9 Å². The first-order chi connectivity index (χ1) is 23.9. The highest BCUT2D eigenvalue weighted by atomic mass is 16.5. The van der Waals surface area contributed by atoms with Crippen LogP contribution in [0.4, 0.5) is 0 Å². The van der Waals surface area contributed by atoms with Crippen LogP contribution in [0.3, 0.4) is 0 Å². The number of nitrogens with two attached hydrogens (primary N) is 1. The zero-order chi connectivity index (χ0) is 33.4. The van der Waals surface area contributed by atoms with Crippen molar-refractivity contribution in [1.29, 1.82) is 0 Å². The minimum absolute atomic E-state index is 0.0114. The fraction of sp³-hybridized carbons (Fsp3) is 0.421. The van der Waals surface area contributed by atoms with E-state index >= 15 is 0 Å². The summed E-state index contributed by atoms with van der Waals surface area (Å²) in [7, 11) is 3.20. The summed E-state index contributed by atoms with van der Waals surface area (Å²) in [6.45, 7) is 3.52. The molecule has 0 spiro atoms. The summed E-state index contributed by atoms with van der Waals surface area (Å²) in [5.41, 5.74) is 11.5. The molecule has 11 nitrogen and oxygen atoms in total. The Kier molecular flexibility index (Phi) is 7.15. The molecule has 4 aliphatic rings. The summed E-state index contributed by atoms with van der Waals surface area (Å²) < 4.78 is 16.0. The number of imidazole rings is 1. The van der Waals surface area contributed by atoms with Gasteiger partial charge in [-0.05, 0) is 67.9 Å². The van der Waals surface area contributed by atoms with E-state index in [0.717, 1.165) is 41.9 Å². The quantitative estimate of drug-likeness (QED) is 0.241. The minimum Gasteiger partial charge on any atom is -0.494 e. The number of carbonyl (C=O) groups excluding carboxylic acids is 2. The maximum atomic E-state index is 14.0. The molecule has 2 N–H and O–H groups in total. The number of nitrogens with zero attached hydrogens (tertiary/aromatic N) is 6. The lowest BCUT2D eigenvalue weighted by Gasteiger charge is -2.39. The number of pyridine rings is 1. The van der Waals surface area contributed by atoms with Crippen LogP contribution >= 0.6 is 0 Å². The van der Waals surface area contributed by atoms with Gasteiger partial charge in [-0.25, -0.2) is 9.97 Å². The first-order valence-electron chi connectivity index (χ1n) is 17.4. The van der Waals surface area contributed by atoms with Gasteiger partial charge in [-0.2, -0.15) is 0 Å². The number of hydrogen-bond donors (Lipinski definition) is 1. The maximum absolute atomic E-state index is 14.0. The first-order valence-corrected chi connectivity index (χ1v) is 17.4. The van der Waals surface area contributed by atoms with Crippen molar-refractivity contribution in [2.24, 2.45) is 23.5 Å². The predicted octanol–water partition coefficient (Wildman–Crippen LogP) is 4.81. The molecule has 2 aliphatic heterocycles. The van der Waals surface area contributed by atoms with E-state index in [1.807, 2.05) is 21.9 Å². The summed E-state index contributed by atoms with van der Waals surface area (Å²) in [4.78, 5) is 40.6. The van der Waals surface area contributed by atoms with Crippen molar-refractivity contribution in [1.82, 2.24) is 28.9 Å². The lowest BCUT2D eigenvalue weighted by molar-refractivity contribution is 0.0471. The highest BCUT2D eigenvalue weighted by Crippen LogP contribution is 2.41. The number of likely N-dealkylation sites (tertiary alicyclic amines) is 2. The number of benzene rings is 2. The number of piperidine rings is 1. The SMILES string of the molecule is COc1cc(C(=O)N2CC(Cn3c(-c4cc5ccccc5n4CC4CC4)nc4cc(C(=O)N5CC6CCC5[C@@H]6N)cc(OC)c43)C2)ccn1. The van der Waals surface area contributed by atoms with Crippen molar-refractivity contribution < 1.29 is 19.1 Å². The second-order valence-corrected chi connectivity index (χ2v) is 14.3. The molecule has 2 unspecified atom stereocenters. The van der Waals surface area contributed by atoms with Crippen LogP contribution in [0.2, 0.25) is 0 Å². The van der Waals surface area contributed by atoms with Gasteiger partial charge in [0.05, 0.1) is 25.4 Å².